The first-order chi connectivity index (χ1) is 13.1. The van der Waals surface area contributed by atoms with Crippen LogP contribution < -0.4 is 17.2 Å². The molecule has 146 valence electrons. The molecule has 1 aromatic carbocycles. The molecule has 0 aliphatic rings. The van der Waals surface area contributed by atoms with Crippen molar-refractivity contribution in [1.82, 2.24) is 14.3 Å². The van der Waals surface area contributed by atoms with Gasteiger partial charge in [-0.1, -0.05) is 17.9 Å². The van der Waals surface area contributed by atoms with Crippen molar-refractivity contribution in [3.8, 4) is 11.8 Å². The molecule has 3 rings (SSSR count). The minimum absolute atomic E-state index is 0. The van der Waals surface area contributed by atoms with Crippen LogP contribution in [0.5, 0.6) is 0 Å². The number of hydrogen-bond donors (Lipinski definition) is 2. The number of benzene rings is 1. The number of hydrogen-bond acceptors (Lipinski definition) is 5. The second-order valence-electron chi connectivity index (χ2n) is 5.81. The van der Waals surface area contributed by atoms with Crippen LogP contribution in [0.15, 0.2) is 59.4 Å². The maximum absolute atomic E-state index is 12.6. The highest BCUT2D eigenvalue weighted by atomic mass is 35.5. The van der Waals surface area contributed by atoms with Crippen LogP contribution in [0.3, 0.4) is 0 Å². The Balaban J connectivity index is 0.00000280. The molecule has 0 unspecified atom stereocenters. The molecule has 2 aromatic heterocycles. The van der Waals surface area contributed by atoms with Crippen molar-refractivity contribution in [3.63, 3.8) is 0 Å². The number of nitrogen functional groups attached to an aromatic ring is 1. The van der Waals surface area contributed by atoms with Crippen molar-refractivity contribution in [2.24, 2.45) is 5.73 Å². The van der Waals surface area contributed by atoms with Gasteiger partial charge in [0.2, 0.25) is 0 Å². The van der Waals surface area contributed by atoms with E-state index in [2.05, 4.69) is 16.9 Å². The summed E-state index contributed by atoms with van der Waals surface area (Å²) >= 11 is 1.50. The fourth-order valence-corrected chi connectivity index (χ4v) is 3.23. The summed E-state index contributed by atoms with van der Waals surface area (Å²) in [5, 5.41) is 4.01. The normalized spacial score (nSPS) is 10.9. The Labute approximate surface area is 171 Å². The quantitative estimate of drug-likeness (QED) is 0.490. The van der Waals surface area contributed by atoms with Gasteiger partial charge in [0.25, 0.3) is 0 Å². The minimum atomic E-state index is -0.316. The molecule has 0 saturated heterocycles. The van der Waals surface area contributed by atoms with Gasteiger partial charge < -0.3 is 11.5 Å². The van der Waals surface area contributed by atoms with Crippen LogP contribution in [-0.4, -0.2) is 20.9 Å². The van der Waals surface area contributed by atoms with Gasteiger partial charge in [0, 0.05) is 22.7 Å². The Morgan fingerprint density at radius 1 is 1.29 bits per heavy atom. The lowest BCUT2D eigenvalue weighted by Gasteiger charge is -2.01. The number of rotatable bonds is 5. The van der Waals surface area contributed by atoms with E-state index in [4.69, 9.17) is 11.5 Å². The number of halogens is 2. The lowest BCUT2D eigenvalue weighted by atomic mass is 10.2. The fourth-order valence-electron chi connectivity index (χ4n) is 2.37. The van der Waals surface area contributed by atoms with E-state index in [1.54, 1.807) is 0 Å². The first-order valence-corrected chi connectivity index (χ1v) is 8.97. The molecule has 9 heteroatoms. The highest BCUT2D eigenvalue weighted by molar-refractivity contribution is 7.12. The largest absolute Gasteiger partial charge is 0.399 e. The smallest absolute Gasteiger partial charge is 0.346 e. The van der Waals surface area contributed by atoms with Gasteiger partial charge in [0.05, 0.1) is 24.3 Å². The number of anilines is 1. The predicted octanol–water partition coefficient (Wildman–Crippen LogP) is 2.37. The third-order valence-electron chi connectivity index (χ3n) is 3.77. The van der Waals surface area contributed by atoms with Crippen LogP contribution in [0.25, 0.3) is 0 Å². The van der Waals surface area contributed by atoms with E-state index in [1.807, 2.05) is 36.4 Å². The molecular formula is C19H19ClFN5OS. The lowest BCUT2D eigenvalue weighted by Crippen LogP contribution is -2.26. The van der Waals surface area contributed by atoms with E-state index in [0.29, 0.717) is 24.1 Å². The Morgan fingerprint density at radius 3 is 2.82 bits per heavy atom. The van der Waals surface area contributed by atoms with E-state index in [1.165, 1.54) is 26.9 Å². The highest BCUT2D eigenvalue weighted by Gasteiger charge is 2.08. The van der Waals surface area contributed by atoms with E-state index >= 15 is 0 Å². The Bertz CT molecular complexity index is 1090. The molecule has 0 aliphatic heterocycles. The van der Waals surface area contributed by atoms with Crippen molar-refractivity contribution in [2.45, 2.75) is 13.1 Å². The van der Waals surface area contributed by atoms with Gasteiger partial charge in [-0.2, -0.15) is 5.10 Å². The van der Waals surface area contributed by atoms with Gasteiger partial charge in [-0.25, -0.2) is 13.9 Å². The summed E-state index contributed by atoms with van der Waals surface area (Å²) < 4.78 is 15.3. The number of aromatic nitrogens is 3. The summed E-state index contributed by atoms with van der Waals surface area (Å²) in [5.41, 5.74) is 12.7. The zero-order chi connectivity index (χ0) is 19.2. The van der Waals surface area contributed by atoms with Crippen molar-refractivity contribution in [3.05, 3.63) is 80.4 Å². The molecule has 28 heavy (non-hydrogen) atoms. The Morgan fingerprint density at radius 2 is 2.11 bits per heavy atom. The predicted molar refractivity (Wildman–Crippen MR) is 112 cm³/mol. The highest BCUT2D eigenvalue weighted by Crippen LogP contribution is 2.16. The molecular weight excluding hydrogens is 401 g/mol. The summed E-state index contributed by atoms with van der Waals surface area (Å²) in [6, 6.07) is 11.2. The second-order valence-corrected chi connectivity index (χ2v) is 6.98. The molecule has 2 heterocycles. The molecule has 0 radical (unpaired) electrons. The average Bonchev–Trinajstić information content (AvgIpc) is 3.26. The van der Waals surface area contributed by atoms with E-state index in [0.717, 1.165) is 15.3 Å². The van der Waals surface area contributed by atoms with Gasteiger partial charge in [-0.3, -0.25) is 4.57 Å². The van der Waals surface area contributed by atoms with E-state index in [-0.39, 0.29) is 31.2 Å². The SMILES string of the molecule is Cl.NC/C(=C\F)Cn1ncn(Cc2ccc(C#Cc3cccc(N)c3)s2)c1=O. The third-order valence-corrected chi connectivity index (χ3v) is 4.76. The second kappa shape index (κ2) is 9.90. The number of nitrogens with two attached hydrogens (primary N) is 2. The lowest BCUT2D eigenvalue weighted by molar-refractivity contribution is 0.604. The molecule has 0 amide bonds. The first-order valence-electron chi connectivity index (χ1n) is 8.15. The third kappa shape index (κ3) is 5.33. The van der Waals surface area contributed by atoms with Crippen molar-refractivity contribution < 1.29 is 4.39 Å². The van der Waals surface area contributed by atoms with Gasteiger partial charge in [-0.05, 0) is 35.9 Å². The maximum Gasteiger partial charge on any atom is 0.346 e. The Hall–Kier alpha value is -2.86. The van der Waals surface area contributed by atoms with Crippen LogP contribution in [0.4, 0.5) is 10.1 Å². The van der Waals surface area contributed by atoms with Gasteiger partial charge in [-0.15, -0.1) is 23.7 Å². The van der Waals surface area contributed by atoms with Gasteiger partial charge in [0.1, 0.15) is 6.33 Å². The monoisotopic (exact) mass is 419 g/mol. The molecule has 6 nitrogen and oxygen atoms in total. The topological polar surface area (TPSA) is 91.9 Å². The van der Waals surface area contributed by atoms with E-state index in [9.17, 15) is 9.18 Å². The van der Waals surface area contributed by atoms with Crippen LogP contribution in [0, 0.1) is 11.8 Å². The molecule has 0 fully saturated rings. The average molecular weight is 420 g/mol. The molecule has 0 bridgehead atoms. The molecule has 0 saturated carbocycles. The molecule has 3 aromatic rings. The van der Waals surface area contributed by atoms with Crippen LogP contribution >= 0.6 is 23.7 Å². The van der Waals surface area contributed by atoms with Crippen LogP contribution in [0.2, 0.25) is 0 Å². The molecule has 0 spiro atoms. The molecule has 0 aliphatic carbocycles. The maximum atomic E-state index is 12.6. The fraction of sp³-hybridized carbons (Fsp3) is 0.158. The van der Waals surface area contributed by atoms with Crippen molar-refractivity contribution in [1.29, 1.82) is 0 Å². The summed E-state index contributed by atoms with van der Waals surface area (Å²) in [6.45, 7) is 0.455. The van der Waals surface area contributed by atoms with Crippen LogP contribution in [-0.2, 0) is 13.1 Å². The van der Waals surface area contributed by atoms with Crippen LogP contribution in [0.1, 0.15) is 15.3 Å². The zero-order valence-corrected chi connectivity index (χ0v) is 16.5. The number of thiophene rings is 1. The standard InChI is InChI=1S/C19H18FN5OS.ClH/c20-9-15(10-21)11-25-19(26)24(13-23-25)12-18-7-6-17(27-18)5-4-14-2-1-3-16(22)8-14;/h1-3,6-9,13H,10-12,21-22H2;1H/b15-9+;. The molecule has 0 atom stereocenters. The van der Waals surface area contributed by atoms with Crippen molar-refractivity contribution in [2.75, 3.05) is 12.3 Å². The summed E-state index contributed by atoms with van der Waals surface area (Å²) in [7, 11) is 0. The van der Waals surface area contributed by atoms with E-state index < -0.39 is 0 Å². The zero-order valence-electron chi connectivity index (χ0n) is 14.8. The molecule has 4 N–H and O–H groups in total. The summed E-state index contributed by atoms with van der Waals surface area (Å²) in [5.74, 6) is 6.17. The van der Waals surface area contributed by atoms with Crippen molar-refractivity contribution >= 4 is 29.4 Å². The minimum Gasteiger partial charge on any atom is -0.399 e. The van der Waals surface area contributed by atoms with Gasteiger partial charge in [0.15, 0.2) is 0 Å². The van der Waals surface area contributed by atoms with Gasteiger partial charge >= 0.3 is 5.69 Å². The Kier molecular flexibility index (Phi) is 7.58. The number of nitrogens with zero attached hydrogens (tertiary/aromatic N) is 3. The first kappa shape index (κ1) is 21.4. The summed E-state index contributed by atoms with van der Waals surface area (Å²) in [4.78, 5) is 14.2. The summed E-state index contributed by atoms with van der Waals surface area (Å²) in [6.07, 6.45) is 1.85.